The van der Waals surface area contributed by atoms with Crippen molar-refractivity contribution < 1.29 is 9.21 Å². The van der Waals surface area contributed by atoms with E-state index in [1.165, 1.54) is 0 Å². The van der Waals surface area contributed by atoms with Gasteiger partial charge in [-0.05, 0) is 25.3 Å². The average molecular weight is 268 g/mol. The first-order valence-electron chi connectivity index (χ1n) is 6.79. The molecular weight excluding hydrogens is 252 g/mol. The summed E-state index contributed by atoms with van der Waals surface area (Å²) in [5.74, 6) is 1.15. The van der Waals surface area contributed by atoms with E-state index >= 15 is 0 Å². The summed E-state index contributed by atoms with van der Waals surface area (Å²) in [5, 5.41) is 0. The van der Waals surface area contributed by atoms with Gasteiger partial charge in [-0.2, -0.15) is 0 Å². The molecule has 3 nitrogen and oxygen atoms in total. The second-order valence-corrected chi connectivity index (χ2v) is 5.35. The average Bonchev–Trinajstić information content (AvgIpc) is 2.45. The van der Waals surface area contributed by atoms with E-state index in [0.29, 0.717) is 29.9 Å². The number of rotatable bonds is 1. The summed E-state index contributed by atoms with van der Waals surface area (Å²) in [7, 11) is 0. The van der Waals surface area contributed by atoms with Crippen molar-refractivity contribution in [1.82, 2.24) is 0 Å². The van der Waals surface area contributed by atoms with Crippen LogP contribution in [0.1, 0.15) is 45.3 Å². The smallest absolute Gasteiger partial charge is 0.199 e. The molecule has 0 unspecified atom stereocenters. The molecule has 20 heavy (non-hydrogen) atoms. The molecule has 3 rings (SSSR count). The molecule has 2 aromatic rings. The second kappa shape index (κ2) is 4.75. The maximum Gasteiger partial charge on any atom is 0.199 e. The number of benzene rings is 1. The van der Waals surface area contributed by atoms with Crippen molar-refractivity contribution in [2.24, 2.45) is 0 Å². The van der Waals surface area contributed by atoms with Gasteiger partial charge in [0.25, 0.3) is 0 Å². The van der Waals surface area contributed by atoms with Gasteiger partial charge in [0.1, 0.15) is 17.1 Å². The predicted molar refractivity (Wildman–Crippen MR) is 76.3 cm³/mol. The summed E-state index contributed by atoms with van der Waals surface area (Å²) in [6, 6.07) is 9.91. The Hall–Kier alpha value is -2.16. The summed E-state index contributed by atoms with van der Waals surface area (Å²) in [5.41, 5.74) is 1.75. The molecule has 0 amide bonds. The number of hydrogen-bond donors (Lipinski definition) is 0. The summed E-state index contributed by atoms with van der Waals surface area (Å²) < 4.78 is 5.71. The molecule has 0 saturated heterocycles. The zero-order chi connectivity index (χ0) is 14.3. The molecule has 1 aromatic carbocycles. The highest BCUT2D eigenvalue weighted by molar-refractivity contribution is 5.98. The molecule has 1 aromatic heterocycles. The molecule has 0 fully saturated rings. The molecule has 0 aliphatic heterocycles. The molecule has 0 spiro atoms. The fourth-order valence-electron chi connectivity index (χ4n) is 2.79. The third kappa shape index (κ3) is 1.99. The van der Waals surface area contributed by atoms with E-state index in [1.807, 2.05) is 30.3 Å². The Morgan fingerprint density at radius 2 is 1.75 bits per heavy atom. The summed E-state index contributed by atoms with van der Waals surface area (Å²) in [6.07, 6.45) is 0.992. The van der Waals surface area contributed by atoms with Crippen molar-refractivity contribution in [3.8, 4) is 0 Å². The van der Waals surface area contributed by atoms with Crippen molar-refractivity contribution >= 4 is 5.78 Å². The number of carbonyl (C=O) groups is 1. The molecule has 1 heterocycles. The summed E-state index contributed by atoms with van der Waals surface area (Å²) in [4.78, 5) is 24.5. The monoisotopic (exact) mass is 268 g/mol. The van der Waals surface area contributed by atoms with Crippen molar-refractivity contribution in [2.45, 2.75) is 32.6 Å². The van der Waals surface area contributed by atoms with E-state index in [2.05, 4.69) is 0 Å². The van der Waals surface area contributed by atoms with Crippen LogP contribution in [0.5, 0.6) is 0 Å². The van der Waals surface area contributed by atoms with E-state index in [0.717, 1.165) is 5.56 Å². The van der Waals surface area contributed by atoms with E-state index in [1.54, 1.807) is 13.8 Å². The number of hydrogen-bond acceptors (Lipinski definition) is 3. The molecule has 3 heteroatoms. The number of carbonyl (C=O) groups excluding carboxylic acids is 1. The quantitative estimate of drug-likeness (QED) is 0.798. The van der Waals surface area contributed by atoms with E-state index < -0.39 is 0 Å². The summed E-state index contributed by atoms with van der Waals surface area (Å²) in [6.45, 7) is 3.48. The van der Waals surface area contributed by atoms with Gasteiger partial charge in [-0.25, -0.2) is 0 Å². The van der Waals surface area contributed by atoms with Crippen LogP contribution in [-0.2, 0) is 6.42 Å². The Kier molecular flexibility index (Phi) is 3.05. The molecule has 1 aliphatic rings. The highest BCUT2D eigenvalue weighted by Crippen LogP contribution is 2.32. The predicted octanol–water partition coefficient (Wildman–Crippen LogP) is 3.17. The number of Topliss-reactive ketones (excluding diaryl/α,β-unsaturated/α-hetero) is 1. The lowest BCUT2D eigenvalue weighted by atomic mass is 9.82. The molecule has 1 atom stereocenters. The molecule has 1 aliphatic carbocycles. The molecule has 0 radical (unpaired) electrons. The van der Waals surface area contributed by atoms with E-state index in [4.69, 9.17) is 4.42 Å². The van der Waals surface area contributed by atoms with Gasteiger partial charge in [-0.1, -0.05) is 30.3 Å². The van der Waals surface area contributed by atoms with Crippen LogP contribution in [0.4, 0.5) is 0 Å². The Morgan fingerprint density at radius 3 is 2.45 bits per heavy atom. The Bertz CT molecular complexity index is 726. The van der Waals surface area contributed by atoms with Crippen molar-refractivity contribution in [1.29, 1.82) is 0 Å². The third-order valence-corrected chi connectivity index (χ3v) is 4.06. The Balaban J connectivity index is 2.08. The third-order valence-electron chi connectivity index (χ3n) is 4.06. The van der Waals surface area contributed by atoms with Crippen LogP contribution in [0.2, 0.25) is 0 Å². The zero-order valence-corrected chi connectivity index (χ0v) is 11.6. The Morgan fingerprint density at radius 1 is 1.05 bits per heavy atom. The molecule has 0 saturated carbocycles. The molecular formula is C17H16O3. The van der Waals surface area contributed by atoms with Crippen LogP contribution in [0.25, 0.3) is 0 Å². The standard InChI is InChI=1S/C17H16O3/c1-10-11(2)20-15-9-13(12-6-4-3-5-7-12)8-14(18)16(15)17(10)19/h3-7,13H,8-9H2,1-2H3/t13-/m1/s1. The van der Waals surface area contributed by atoms with Crippen LogP contribution < -0.4 is 5.43 Å². The van der Waals surface area contributed by atoms with Gasteiger partial charge < -0.3 is 4.42 Å². The van der Waals surface area contributed by atoms with Crippen LogP contribution >= 0.6 is 0 Å². The maximum absolute atomic E-state index is 12.3. The SMILES string of the molecule is Cc1oc2c(c(=O)c1C)C(=O)C[C@@H](c1ccccc1)C2. The zero-order valence-electron chi connectivity index (χ0n) is 11.6. The first-order valence-corrected chi connectivity index (χ1v) is 6.79. The lowest BCUT2D eigenvalue weighted by Gasteiger charge is -2.23. The van der Waals surface area contributed by atoms with Crippen LogP contribution in [-0.4, -0.2) is 5.78 Å². The normalized spacial score (nSPS) is 17.9. The van der Waals surface area contributed by atoms with Crippen molar-refractivity contribution in [3.05, 3.63) is 68.8 Å². The van der Waals surface area contributed by atoms with Crippen LogP contribution in [0.3, 0.4) is 0 Å². The Labute approximate surface area is 117 Å². The van der Waals surface area contributed by atoms with Crippen molar-refractivity contribution in [3.63, 3.8) is 0 Å². The minimum absolute atomic E-state index is 0.0986. The topological polar surface area (TPSA) is 47.3 Å². The van der Waals surface area contributed by atoms with Crippen LogP contribution in [0.15, 0.2) is 39.5 Å². The van der Waals surface area contributed by atoms with Gasteiger partial charge in [0.05, 0.1) is 0 Å². The van der Waals surface area contributed by atoms with E-state index in [9.17, 15) is 9.59 Å². The minimum atomic E-state index is -0.166. The minimum Gasteiger partial charge on any atom is -0.465 e. The fraction of sp³-hybridized carbons (Fsp3) is 0.294. The first kappa shape index (κ1) is 12.9. The molecule has 0 bridgehead atoms. The van der Waals surface area contributed by atoms with Gasteiger partial charge in [-0.3, -0.25) is 9.59 Å². The van der Waals surface area contributed by atoms with Gasteiger partial charge >= 0.3 is 0 Å². The lowest BCUT2D eigenvalue weighted by molar-refractivity contribution is 0.0955. The van der Waals surface area contributed by atoms with Crippen molar-refractivity contribution in [2.75, 3.05) is 0 Å². The second-order valence-electron chi connectivity index (χ2n) is 5.35. The lowest BCUT2D eigenvalue weighted by Crippen LogP contribution is -2.27. The number of fused-ring (bicyclic) bond motifs is 1. The van der Waals surface area contributed by atoms with Gasteiger partial charge in [0, 0.05) is 18.4 Å². The van der Waals surface area contributed by atoms with E-state index in [-0.39, 0.29) is 22.7 Å². The molecule has 102 valence electrons. The van der Waals surface area contributed by atoms with Gasteiger partial charge in [-0.15, -0.1) is 0 Å². The first-order chi connectivity index (χ1) is 9.58. The van der Waals surface area contributed by atoms with Gasteiger partial charge in [0.15, 0.2) is 11.2 Å². The fourth-order valence-corrected chi connectivity index (χ4v) is 2.79. The summed E-state index contributed by atoms with van der Waals surface area (Å²) >= 11 is 0. The molecule has 0 N–H and O–H groups in total. The highest BCUT2D eigenvalue weighted by Gasteiger charge is 2.31. The largest absolute Gasteiger partial charge is 0.465 e. The maximum atomic E-state index is 12.3. The highest BCUT2D eigenvalue weighted by atomic mass is 16.3. The number of aryl methyl sites for hydroxylation is 1. The van der Waals surface area contributed by atoms with Gasteiger partial charge in [0.2, 0.25) is 0 Å². The number of ketones is 1. The van der Waals surface area contributed by atoms with Crippen LogP contribution in [0, 0.1) is 13.8 Å².